The zero-order chi connectivity index (χ0) is 18.1. The number of aliphatic imine (C=N–C) groups is 1. The van der Waals surface area contributed by atoms with Gasteiger partial charge in [0.05, 0.1) is 11.4 Å². The van der Waals surface area contributed by atoms with E-state index in [1.807, 2.05) is 0 Å². The molecule has 6 nitrogen and oxygen atoms in total. The molecule has 0 bridgehead atoms. The van der Waals surface area contributed by atoms with E-state index in [2.05, 4.69) is 4.99 Å². The second-order valence-corrected chi connectivity index (χ2v) is 5.66. The number of rotatable bonds is 3. The summed E-state index contributed by atoms with van der Waals surface area (Å²) in [5.74, 6) is -0.671. The van der Waals surface area contributed by atoms with Gasteiger partial charge in [0.1, 0.15) is 11.1 Å². The molecular formula is C19H17NNiO5+4. The second kappa shape index (κ2) is 7.54. The molecule has 4 N–H and O–H groups in total. The van der Waals surface area contributed by atoms with Gasteiger partial charge in [-0.2, -0.15) is 0 Å². The van der Waals surface area contributed by atoms with E-state index in [0.29, 0.717) is 22.5 Å². The van der Waals surface area contributed by atoms with Gasteiger partial charge in [-0.05, 0) is 37.6 Å². The maximum absolute atomic E-state index is 11.8. The molecule has 0 saturated heterocycles. The molecule has 0 radical (unpaired) electrons. The molecule has 3 rings (SSSR count). The molecule has 0 fully saturated rings. The molecular weight excluding hydrogens is 381 g/mol. The van der Waals surface area contributed by atoms with Crippen LogP contribution in [0.15, 0.2) is 56.7 Å². The topological polar surface area (TPSA) is 105 Å². The predicted octanol–water partition coefficient (Wildman–Crippen LogP) is 2.54. The number of hydrogen-bond acceptors (Lipinski definition) is 4. The number of carbonyl (C=O) groups excluding carboxylic acids is 1. The van der Waals surface area contributed by atoms with Gasteiger partial charge in [-0.15, -0.1) is 0 Å². The molecule has 3 aromatic rings. The van der Waals surface area contributed by atoms with E-state index in [9.17, 15) is 9.59 Å². The fraction of sp³-hybridized carbons (Fsp3) is 0.105. The molecule has 0 aliphatic heterocycles. The van der Waals surface area contributed by atoms with Gasteiger partial charge in [0.25, 0.3) is 5.75 Å². The van der Waals surface area contributed by atoms with Crippen LogP contribution in [0.2, 0.25) is 0 Å². The van der Waals surface area contributed by atoms with Crippen LogP contribution in [0.25, 0.3) is 11.0 Å². The van der Waals surface area contributed by atoms with Crippen LogP contribution in [-0.4, -0.2) is 21.9 Å². The zero-order valence-electron chi connectivity index (χ0n) is 14.0. The Hall–Kier alpha value is -2.92. The predicted molar refractivity (Wildman–Crippen MR) is 96.5 cm³/mol. The van der Waals surface area contributed by atoms with Gasteiger partial charge in [0.15, 0.2) is 5.58 Å². The van der Waals surface area contributed by atoms with Gasteiger partial charge in [0, 0.05) is 22.3 Å². The van der Waals surface area contributed by atoms with Crippen LogP contribution < -0.4 is 5.63 Å². The summed E-state index contributed by atoms with van der Waals surface area (Å²) in [6, 6.07) is 11.3. The van der Waals surface area contributed by atoms with Crippen LogP contribution in [0, 0.1) is 6.92 Å². The maximum Gasteiger partial charge on any atom is 2.00 e. The third-order valence-corrected chi connectivity index (χ3v) is 3.92. The van der Waals surface area contributed by atoms with Crippen LogP contribution in [0.5, 0.6) is 5.75 Å². The summed E-state index contributed by atoms with van der Waals surface area (Å²) in [4.78, 5) is 27.6. The van der Waals surface area contributed by atoms with E-state index >= 15 is 0 Å². The molecule has 1 aromatic heterocycles. The average Bonchev–Trinajstić information content (AvgIpc) is 2.54. The Morgan fingerprint density at radius 2 is 1.85 bits per heavy atom. The van der Waals surface area contributed by atoms with Crippen LogP contribution in [0.3, 0.4) is 0 Å². The average molecular weight is 398 g/mol. The van der Waals surface area contributed by atoms with Crippen molar-refractivity contribution in [1.82, 2.24) is 0 Å². The first kappa shape index (κ1) is 19.4. The van der Waals surface area contributed by atoms with Gasteiger partial charge in [-0.3, -0.25) is 4.99 Å². The largest absolute Gasteiger partial charge is 2.00 e. The number of fused-ring (bicyclic) bond motifs is 1. The van der Waals surface area contributed by atoms with Crippen molar-refractivity contribution in [2.75, 3.05) is 0 Å². The summed E-state index contributed by atoms with van der Waals surface area (Å²) < 4.78 is 5.33. The minimum atomic E-state index is -0.835. The first-order chi connectivity index (χ1) is 11.9. The number of carbonyl (C=O) groups is 1. The van der Waals surface area contributed by atoms with Crippen molar-refractivity contribution >= 4 is 28.3 Å². The van der Waals surface area contributed by atoms with Crippen molar-refractivity contribution in [3.8, 4) is 5.75 Å². The second-order valence-electron chi connectivity index (χ2n) is 5.66. The Kier molecular flexibility index (Phi) is 5.63. The summed E-state index contributed by atoms with van der Waals surface area (Å²) in [5, 5.41) is 16.2. The summed E-state index contributed by atoms with van der Waals surface area (Å²) >= 11 is 0. The molecule has 0 aliphatic rings. The van der Waals surface area contributed by atoms with Crippen LogP contribution in [0.4, 0.5) is 5.69 Å². The summed E-state index contributed by atoms with van der Waals surface area (Å²) in [5.41, 5.74) is 1.89. The summed E-state index contributed by atoms with van der Waals surface area (Å²) in [6.45, 7) is 3.48. The summed E-state index contributed by atoms with van der Waals surface area (Å²) in [6.07, 6.45) is 0. The minimum absolute atomic E-state index is 0. The molecule has 0 aliphatic carbocycles. The van der Waals surface area contributed by atoms with E-state index in [0.717, 1.165) is 10.9 Å². The molecule has 0 unspecified atom stereocenters. The molecule has 1 heterocycles. The standard InChI is InChI=1S/C19H15NO5.Ni/c1-10-9-16(22)25-18-12(10)7-8-15(21)17(18)11(2)20-14-6-4-3-5-13(14)19(23)24;/h3-9,21H,1-2H3,(H,23,24);/q;+2/p+2. The first-order valence-electron chi connectivity index (χ1n) is 7.58. The van der Waals surface area contributed by atoms with Gasteiger partial charge in [-0.1, -0.05) is 12.1 Å². The Balaban J connectivity index is 0.00000243. The van der Waals surface area contributed by atoms with Gasteiger partial charge in [-0.25, -0.2) is 4.79 Å². The SMILES string of the molecule is CC(=Nc1ccccc1C(=O)[OH2+])c1c([OH2+])ccc2c(C)cc(=O)oc12.[Ni+2]. The van der Waals surface area contributed by atoms with E-state index in [1.165, 1.54) is 12.1 Å². The number of hydrogen-bond donors (Lipinski definition) is 0. The summed E-state index contributed by atoms with van der Waals surface area (Å²) in [7, 11) is 0. The number of nitrogens with zero attached hydrogens (tertiary/aromatic N) is 1. The first-order valence-corrected chi connectivity index (χ1v) is 7.58. The normalized spacial score (nSPS) is 11.2. The third-order valence-electron chi connectivity index (χ3n) is 3.92. The fourth-order valence-corrected chi connectivity index (χ4v) is 2.74. The molecule has 2 aromatic carbocycles. The van der Waals surface area contributed by atoms with Crippen molar-refractivity contribution in [3.63, 3.8) is 0 Å². The van der Waals surface area contributed by atoms with Crippen molar-refractivity contribution in [2.24, 2.45) is 4.99 Å². The van der Waals surface area contributed by atoms with Crippen molar-refractivity contribution in [2.45, 2.75) is 13.8 Å². The van der Waals surface area contributed by atoms with Gasteiger partial charge in [0.2, 0.25) is 0 Å². The molecule has 26 heavy (non-hydrogen) atoms. The molecule has 0 saturated carbocycles. The molecule has 7 heteroatoms. The van der Waals surface area contributed by atoms with E-state index < -0.39 is 11.6 Å². The zero-order valence-corrected chi connectivity index (χ0v) is 15.0. The Bertz CT molecular complexity index is 1080. The minimum Gasteiger partial charge on any atom is -0.593 e. The van der Waals surface area contributed by atoms with Crippen LogP contribution in [-0.2, 0) is 16.5 Å². The van der Waals surface area contributed by atoms with Gasteiger partial charge < -0.3 is 14.6 Å². The number of aryl methyl sites for hydroxylation is 1. The Morgan fingerprint density at radius 1 is 1.15 bits per heavy atom. The Morgan fingerprint density at radius 3 is 2.54 bits per heavy atom. The van der Waals surface area contributed by atoms with Crippen LogP contribution >= 0.6 is 0 Å². The van der Waals surface area contributed by atoms with E-state index in [4.69, 9.17) is 14.6 Å². The maximum atomic E-state index is 11.8. The van der Waals surface area contributed by atoms with Crippen molar-refractivity contribution in [3.05, 3.63) is 69.6 Å². The van der Waals surface area contributed by atoms with Crippen molar-refractivity contribution in [1.29, 1.82) is 0 Å². The molecule has 0 atom stereocenters. The van der Waals surface area contributed by atoms with E-state index in [-0.39, 0.29) is 27.8 Å². The van der Waals surface area contributed by atoms with Gasteiger partial charge >= 0.3 is 28.1 Å². The quantitative estimate of drug-likeness (QED) is 0.293. The monoisotopic (exact) mass is 397 g/mol. The molecule has 0 spiro atoms. The Labute approximate surface area is 158 Å². The smallest absolute Gasteiger partial charge is 0.593 e. The number of para-hydroxylation sites is 1. The molecule has 134 valence electrons. The van der Waals surface area contributed by atoms with Crippen molar-refractivity contribution < 1.29 is 35.9 Å². The van der Waals surface area contributed by atoms with E-state index in [1.54, 1.807) is 44.2 Å². The number of benzene rings is 2. The molecule has 0 amide bonds. The van der Waals surface area contributed by atoms with Crippen LogP contribution in [0.1, 0.15) is 28.4 Å². The fourth-order valence-electron chi connectivity index (χ4n) is 2.74. The third kappa shape index (κ3) is 3.53.